The van der Waals surface area contributed by atoms with E-state index >= 15 is 0 Å². The molecule has 4 heterocycles. The van der Waals surface area contributed by atoms with E-state index < -0.39 is 11.1 Å². The number of hydrogen-bond donors (Lipinski definition) is 10. The normalized spacial score (nSPS) is 13.6. The van der Waals surface area contributed by atoms with E-state index in [1.807, 2.05) is 150 Å². The van der Waals surface area contributed by atoms with Crippen molar-refractivity contribution in [3.05, 3.63) is 179 Å². The number of fused-ring (bicyclic) bond motifs is 2. The van der Waals surface area contributed by atoms with Crippen molar-refractivity contribution in [2.45, 2.75) is 71.2 Å². The molecule has 0 spiro atoms. The monoisotopic (exact) mass is 1150 g/mol. The summed E-state index contributed by atoms with van der Waals surface area (Å²) in [4.78, 5) is 79.8. The Kier molecular flexibility index (Phi) is 21.0. The van der Waals surface area contributed by atoms with Gasteiger partial charge in [0.1, 0.15) is 6.29 Å². The van der Waals surface area contributed by atoms with Crippen LogP contribution in [0.25, 0.3) is 0 Å². The second kappa shape index (κ2) is 28.5. The number of anilines is 8. The van der Waals surface area contributed by atoms with Gasteiger partial charge < -0.3 is 62.1 Å². The summed E-state index contributed by atoms with van der Waals surface area (Å²) in [5, 5.41) is 39.6. The molecular weight excluding hydrogens is 1080 g/mol. The molecule has 0 bridgehead atoms. The SMILES string of the molecule is C=CC(=O)Nc1ccc(C=O)cc1.CCC(=O)Nc1ccc(C(=O)Nc2cccc(Nc3n[nH]c4c3CN(C(=O)NC(CN(C)C)c3ccccc3)C4(C)C)c2)cc1.CNc1cccc(Nc2n[nH]c3c2CN(C(=O)NCCN(C)C)C3(C)C)c1. The predicted octanol–water partition coefficient (Wildman–Crippen LogP) is 9.96. The van der Waals surface area contributed by atoms with Crippen LogP contribution >= 0.6 is 0 Å². The van der Waals surface area contributed by atoms with Crippen LogP contribution in [0.1, 0.15) is 95.9 Å². The Morgan fingerprint density at radius 1 is 0.647 bits per heavy atom. The zero-order valence-electron chi connectivity index (χ0n) is 49.9. The first-order valence-corrected chi connectivity index (χ1v) is 27.9. The molecule has 0 radical (unpaired) electrons. The summed E-state index contributed by atoms with van der Waals surface area (Å²) in [5.41, 5.74) is 9.39. The van der Waals surface area contributed by atoms with E-state index in [0.717, 1.165) is 63.8 Å². The fraction of sp³-hybridized carbons (Fsp3) is 0.302. The lowest BCUT2D eigenvalue weighted by Crippen LogP contribution is -2.48. The van der Waals surface area contributed by atoms with Crippen molar-refractivity contribution in [3.63, 3.8) is 0 Å². The highest BCUT2D eigenvalue weighted by atomic mass is 16.2. The zero-order chi connectivity index (χ0) is 61.4. The van der Waals surface area contributed by atoms with E-state index in [4.69, 9.17) is 0 Å². The van der Waals surface area contributed by atoms with Crippen LogP contribution < -0.4 is 42.5 Å². The molecule has 7 aromatic rings. The molecule has 22 nitrogen and oxygen atoms in total. The fourth-order valence-electron chi connectivity index (χ4n) is 9.58. The first-order chi connectivity index (χ1) is 40.6. The van der Waals surface area contributed by atoms with Crippen LogP contribution in [0.4, 0.5) is 55.3 Å². The highest BCUT2D eigenvalue weighted by Crippen LogP contribution is 2.43. The highest BCUT2D eigenvalue weighted by molar-refractivity contribution is 6.05. The van der Waals surface area contributed by atoms with Gasteiger partial charge in [-0.15, -0.1) is 0 Å². The Hall–Kier alpha value is -9.80. The van der Waals surface area contributed by atoms with Gasteiger partial charge in [0.25, 0.3) is 5.91 Å². The minimum Gasteiger partial charge on any atom is -0.388 e. The van der Waals surface area contributed by atoms with Crippen molar-refractivity contribution in [2.24, 2.45) is 0 Å². The fourth-order valence-corrected chi connectivity index (χ4v) is 9.58. The molecule has 5 aromatic carbocycles. The molecule has 85 heavy (non-hydrogen) atoms. The van der Waals surface area contributed by atoms with Gasteiger partial charge in [-0.25, -0.2) is 9.59 Å². The van der Waals surface area contributed by atoms with Crippen molar-refractivity contribution in [2.75, 3.05) is 86.8 Å². The number of carbonyl (C=O) groups is 6. The van der Waals surface area contributed by atoms with Gasteiger partial charge >= 0.3 is 12.1 Å². The van der Waals surface area contributed by atoms with Gasteiger partial charge in [0.05, 0.1) is 41.6 Å². The maximum absolute atomic E-state index is 13.7. The van der Waals surface area contributed by atoms with Crippen molar-refractivity contribution in [3.8, 4) is 0 Å². The number of hydrogen-bond acceptors (Lipinski definition) is 13. The number of benzene rings is 5. The number of aldehydes is 1. The molecule has 0 saturated heterocycles. The lowest BCUT2D eigenvalue weighted by molar-refractivity contribution is -0.116. The van der Waals surface area contributed by atoms with Gasteiger partial charge in [0.2, 0.25) is 11.8 Å². The van der Waals surface area contributed by atoms with Gasteiger partial charge in [-0.3, -0.25) is 29.4 Å². The minimum atomic E-state index is -0.615. The molecule has 2 aromatic heterocycles. The number of rotatable bonds is 19. The summed E-state index contributed by atoms with van der Waals surface area (Å²) in [7, 11) is 9.85. The number of aromatic nitrogens is 4. The Morgan fingerprint density at radius 3 is 1.71 bits per heavy atom. The van der Waals surface area contributed by atoms with Crippen LogP contribution in [0, 0.1) is 0 Å². The Bertz CT molecular complexity index is 3450. The molecule has 1 unspecified atom stereocenters. The number of carbonyl (C=O) groups excluding carboxylic acids is 6. The summed E-state index contributed by atoms with van der Waals surface area (Å²) in [6.07, 6.45) is 2.32. The topological polar surface area (TPSA) is 269 Å². The molecular formula is C63H78N16O6. The van der Waals surface area contributed by atoms with E-state index in [9.17, 15) is 28.8 Å². The quantitative estimate of drug-likeness (QED) is 0.0267. The number of urea groups is 2. The van der Waals surface area contributed by atoms with Crippen LogP contribution in [-0.2, 0) is 33.8 Å². The Balaban J connectivity index is 0.000000217. The van der Waals surface area contributed by atoms with Crippen LogP contribution in [0.5, 0.6) is 0 Å². The highest BCUT2D eigenvalue weighted by Gasteiger charge is 2.45. The molecule has 7 amide bonds. The lowest BCUT2D eigenvalue weighted by Gasteiger charge is -2.34. The van der Waals surface area contributed by atoms with Crippen LogP contribution in [-0.4, -0.2) is 131 Å². The lowest BCUT2D eigenvalue weighted by atomic mass is 10.0. The third kappa shape index (κ3) is 16.3. The number of nitrogens with zero attached hydrogens (tertiary/aromatic N) is 6. The van der Waals surface area contributed by atoms with E-state index in [2.05, 4.69) is 74.4 Å². The van der Waals surface area contributed by atoms with Gasteiger partial charge in [-0.2, -0.15) is 10.2 Å². The van der Waals surface area contributed by atoms with Gasteiger partial charge in [0, 0.05) is 89.5 Å². The van der Waals surface area contributed by atoms with Gasteiger partial charge in [-0.05, 0) is 152 Å². The Morgan fingerprint density at radius 2 is 1.18 bits per heavy atom. The predicted molar refractivity (Wildman–Crippen MR) is 336 cm³/mol. The number of aromatic amines is 2. The molecule has 446 valence electrons. The van der Waals surface area contributed by atoms with E-state index in [-0.39, 0.29) is 35.8 Å². The summed E-state index contributed by atoms with van der Waals surface area (Å²) < 4.78 is 0. The van der Waals surface area contributed by atoms with Crippen molar-refractivity contribution in [1.82, 2.24) is 50.6 Å². The van der Waals surface area contributed by atoms with E-state index in [0.29, 0.717) is 66.6 Å². The summed E-state index contributed by atoms with van der Waals surface area (Å²) >= 11 is 0. The minimum absolute atomic E-state index is 0.0606. The third-order valence-corrected chi connectivity index (χ3v) is 14.4. The molecule has 0 saturated carbocycles. The molecule has 0 fully saturated rings. The second-order valence-corrected chi connectivity index (χ2v) is 21.9. The molecule has 0 aliphatic carbocycles. The Labute approximate surface area is 496 Å². The number of H-pyrrole nitrogens is 2. The molecule has 2 aliphatic rings. The second-order valence-electron chi connectivity index (χ2n) is 21.9. The molecule has 10 N–H and O–H groups in total. The van der Waals surface area contributed by atoms with Crippen molar-refractivity contribution >= 4 is 81.8 Å². The molecule has 9 rings (SSSR count). The van der Waals surface area contributed by atoms with Crippen LogP contribution in [0.2, 0.25) is 0 Å². The number of likely N-dealkylation sites (N-methyl/N-ethyl adjacent to an activating group) is 2. The zero-order valence-corrected chi connectivity index (χ0v) is 49.9. The average Bonchev–Trinajstić information content (AvgIpc) is 2.05. The summed E-state index contributed by atoms with van der Waals surface area (Å²) in [5.74, 6) is 0.756. The van der Waals surface area contributed by atoms with Crippen LogP contribution in [0.3, 0.4) is 0 Å². The number of nitrogens with one attached hydrogen (secondary N) is 10. The average molecular weight is 1160 g/mol. The third-order valence-electron chi connectivity index (χ3n) is 14.4. The molecule has 1 atom stereocenters. The maximum atomic E-state index is 13.7. The van der Waals surface area contributed by atoms with Crippen LogP contribution in [0.15, 0.2) is 140 Å². The first kappa shape index (κ1) is 62.8. The smallest absolute Gasteiger partial charge is 0.319 e. The molecule has 2 aliphatic heterocycles. The maximum Gasteiger partial charge on any atom is 0.319 e. The van der Waals surface area contributed by atoms with E-state index in [1.54, 1.807) is 61.5 Å². The van der Waals surface area contributed by atoms with E-state index in [1.165, 1.54) is 6.08 Å². The molecule has 22 heteroatoms. The van der Waals surface area contributed by atoms with Gasteiger partial charge in [0.15, 0.2) is 11.6 Å². The number of amides is 7. The van der Waals surface area contributed by atoms with Crippen molar-refractivity contribution < 1.29 is 28.8 Å². The van der Waals surface area contributed by atoms with Crippen molar-refractivity contribution in [1.29, 1.82) is 0 Å². The van der Waals surface area contributed by atoms with Gasteiger partial charge in [-0.1, -0.05) is 56.0 Å². The standard InChI is InChI=1S/C34H40N8O3.C19H29N7O.C10H9NO2/c1-6-29(43)35-24-17-15-23(16-18-24)32(44)37-26-14-10-13-25(19-26)36-31-27-20-42(34(2,3)30(27)39-40-31)33(45)38-28(21-41(4)5)22-11-8-7-9-12-22;1-19(2)16-15(12-26(19)18(27)21-9-10-25(4)5)17(24-23-16)22-14-8-6-7-13(11-14)20-3;1-2-10(13)11-9-5-3-8(7-12)4-6-9/h7-19,28H,6,20-21H2,1-5H3,(H,35,43)(H,37,44)(H,38,45)(H2,36,39,40);6-8,11,20H,9-10,12H2,1-5H3,(H,21,27)(H2,22,23,24);2-7H,1H2,(H,11,13). The summed E-state index contributed by atoms with van der Waals surface area (Å²) in [6, 6.07) is 38.3. The largest absolute Gasteiger partial charge is 0.388 e. The summed E-state index contributed by atoms with van der Waals surface area (Å²) in [6.45, 7) is 16.2. The first-order valence-electron chi connectivity index (χ1n) is 27.9.